The SMILES string of the molecule is COCC1(C)CCN(C(=O)NCc2ccc(C(=O)O)cc2)C1. The number of methoxy groups -OCH3 is 1. The molecule has 1 aliphatic rings. The van der Waals surface area contributed by atoms with Gasteiger partial charge in [0.25, 0.3) is 0 Å². The van der Waals surface area contributed by atoms with E-state index >= 15 is 0 Å². The summed E-state index contributed by atoms with van der Waals surface area (Å²) >= 11 is 0. The Labute approximate surface area is 130 Å². The van der Waals surface area contributed by atoms with Crippen molar-refractivity contribution in [2.75, 3.05) is 26.8 Å². The maximum absolute atomic E-state index is 12.2. The summed E-state index contributed by atoms with van der Waals surface area (Å²) in [5.74, 6) is -0.954. The van der Waals surface area contributed by atoms with Crippen molar-refractivity contribution in [2.45, 2.75) is 19.9 Å². The van der Waals surface area contributed by atoms with Gasteiger partial charge in [0.05, 0.1) is 12.2 Å². The standard InChI is InChI=1S/C16H22N2O4/c1-16(11-22-2)7-8-18(10-16)15(21)17-9-12-3-5-13(6-4-12)14(19)20/h3-6H,7-11H2,1-2H3,(H,17,21)(H,19,20). The van der Waals surface area contributed by atoms with E-state index in [9.17, 15) is 9.59 Å². The van der Waals surface area contributed by atoms with Gasteiger partial charge in [-0.2, -0.15) is 0 Å². The van der Waals surface area contributed by atoms with Crippen molar-refractivity contribution in [1.29, 1.82) is 0 Å². The highest BCUT2D eigenvalue weighted by atomic mass is 16.5. The van der Waals surface area contributed by atoms with Gasteiger partial charge in [0.2, 0.25) is 0 Å². The first kappa shape index (κ1) is 16.3. The summed E-state index contributed by atoms with van der Waals surface area (Å²) in [6, 6.07) is 6.40. The van der Waals surface area contributed by atoms with Crippen LogP contribution in [0.4, 0.5) is 4.79 Å². The molecular formula is C16H22N2O4. The molecule has 1 aromatic rings. The number of ether oxygens (including phenoxy) is 1. The molecule has 0 aromatic heterocycles. The molecule has 0 saturated carbocycles. The lowest BCUT2D eigenvalue weighted by atomic mass is 9.91. The fraction of sp³-hybridized carbons (Fsp3) is 0.500. The Morgan fingerprint density at radius 3 is 2.64 bits per heavy atom. The topological polar surface area (TPSA) is 78.9 Å². The first-order valence-electron chi connectivity index (χ1n) is 7.27. The predicted molar refractivity (Wildman–Crippen MR) is 81.8 cm³/mol. The zero-order chi connectivity index (χ0) is 16.2. The summed E-state index contributed by atoms with van der Waals surface area (Å²) in [6.07, 6.45) is 0.932. The Morgan fingerprint density at radius 2 is 2.05 bits per heavy atom. The van der Waals surface area contributed by atoms with Gasteiger partial charge in [0.1, 0.15) is 0 Å². The molecule has 2 amide bonds. The molecule has 1 aliphatic heterocycles. The van der Waals surface area contributed by atoms with Gasteiger partial charge < -0.3 is 20.1 Å². The number of urea groups is 1. The molecular weight excluding hydrogens is 284 g/mol. The number of carbonyl (C=O) groups is 2. The Morgan fingerprint density at radius 1 is 1.36 bits per heavy atom. The quantitative estimate of drug-likeness (QED) is 0.871. The Balaban J connectivity index is 1.84. The van der Waals surface area contributed by atoms with E-state index in [1.54, 1.807) is 24.1 Å². The summed E-state index contributed by atoms with van der Waals surface area (Å²) < 4.78 is 5.21. The molecule has 1 aromatic carbocycles. The smallest absolute Gasteiger partial charge is 0.335 e. The number of aromatic carboxylic acids is 1. The van der Waals surface area contributed by atoms with E-state index in [2.05, 4.69) is 12.2 Å². The zero-order valence-electron chi connectivity index (χ0n) is 13.0. The van der Waals surface area contributed by atoms with Crippen LogP contribution in [-0.4, -0.2) is 48.8 Å². The largest absolute Gasteiger partial charge is 0.478 e. The molecule has 2 rings (SSSR count). The van der Waals surface area contributed by atoms with E-state index in [0.29, 0.717) is 19.7 Å². The van der Waals surface area contributed by atoms with Crippen molar-refractivity contribution in [1.82, 2.24) is 10.2 Å². The normalized spacial score (nSPS) is 20.9. The van der Waals surface area contributed by atoms with Gasteiger partial charge in [-0.05, 0) is 24.1 Å². The summed E-state index contributed by atoms with van der Waals surface area (Å²) in [5.41, 5.74) is 1.14. The molecule has 1 fully saturated rings. The number of nitrogens with zero attached hydrogens (tertiary/aromatic N) is 1. The summed E-state index contributed by atoms with van der Waals surface area (Å²) in [4.78, 5) is 24.7. The Hall–Kier alpha value is -2.08. The van der Waals surface area contributed by atoms with E-state index in [-0.39, 0.29) is 17.0 Å². The molecule has 0 spiro atoms. The summed E-state index contributed by atoms with van der Waals surface area (Å²) in [6.45, 7) is 4.56. The highest BCUT2D eigenvalue weighted by Gasteiger charge is 2.35. The van der Waals surface area contributed by atoms with Crippen molar-refractivity contribution < 1.29 is 19.4 Å². The number of hydrogen-bond donors (Lipinski definition) is 2. The van der Waals surface area contributed by atoms with Crippen LogP contribution in [0, 0.1) is 5.41 Å². The van der Waals surface area contributed by atoms with Crippen molar-refractivity contribution in [3.8, 4) is 0 Å². The van der Waals surface area contributed by atoms with Crippen molar-refractivity contribution >= 4 is 12.0 Å². The van der Waals surface area contributed by atoms with Crippen LogP contribution in [-0.2, 0) is 11.3 Å². The highest BCUT2D eigenvalue weighted by Crippen LogP contribution is 2.29. The number of nitrogens with one attached hydrogen (secondary N) is 1. The van der Waals surface area contributed by atoms with Gasteiger partial charge in [-0.1, -0.05) is 19.1 Å². The second kappa shape index (κ2) is 6.79. The molecule has 6 nitrogen and oxygen atoms in total. The van der Waals surface area contributed by atoms with Crippen LogP contribution in [0.25, 0.3) is 0 Å². The molecule has 120 valence electrons. The van der Waals surface area contributed by atoms with Gasteiger partial charge >= 0.3 is 12.0 Å². The third-order valence-corrected chi connectivity index (χ3v) is 3.98. The maximum Gasteiger partial charge on any atom is 0.335 e. The van der Waals surface area contributed by atoms with E-state index < -0.39 is 5.97 Å². The van der Waals surface area contributed by atoms with Crippen LogP contribution < -0.4 is 5.32 Å². The summed E-state index contributed by atoms with van der Waals surface area (Å²) in [5, 5.41) is 11.7. The number of carboxylic acid groups (broad SMARTS) is 1. The van der Waals surface area contributed by atoms with Gasteiger partial charge in [0.15, 0.2) is 0 Å². The molecule has 2 N–H and O–H groups in total. The number of hydrogen-bond acceptors (Lipinski definition) is 3. The van der Waals surface area contributed by atoms with E-state index in [1.807, 2.05) is 0 Å². The van der Waals surface area contributed by atoms with Gasteiger partial charge in [-0.15, -0.1) is 0 Å². The fourth-order valence-corrected chi connectivity index (χ4v) is 2.72. The van der Waals surface area contributed by atoms with E-state index in [1.165, 1.54) is 12.1 Å². The van der Waals surface area contributed by atoms with Crippen LogP contribution in [0.2, 0.25) is 0 Å². The molecule has 6 heteroatoms. The second-order valence-corrected chi connectivity index (χ2v) is 6.08. The maximum atomic E-state index is 12.2. The van der Waals surface area contributed by atoms with Crippen molar-refractivity contribution in [2.24, 2.45) is 5.41 Å². The molecule has 1 saturated heterocycles. The van der Waals surface area contributed by atoms with Crippen molar-refractivity contribution in [3.05, 3.63) is 35.4 Å². The van der Waals surface area contributed by atoms with Crippen LogP contribution in [0.1, 0.15) is 29.3 Å². The van der Waals surface area contributed by atoms with Gasteiger partial charge in [-0.25, -0.2) is 9.59 Å². The summed E-state index contributed by atoms with van der Waals surface area (Å²) in [7, 11) is 1.68. The first-order valence-corrected chi connectivity index (χ1v) is 7.27. The lowest BCUT2D eigenvalue weighted by Gasteiger charge is -2.23. The lowest BCUT2D eigenvalue weighted by Crippen LogP contribution is -2.39. The first-order chi connectivity index (χ1) is 10.4. The van der Waals surface area contributed by atoms with Crippen LogP contribution in [0.15, 0.2) is 24.3 Å². The molecule has 1 unspecified atom stereocenters. The Bertz CT molecular complexity index is 544. The fourth-order valence-electron chi connectivity index (χ4n) is 2.72. The minimum atomic E-state index is -0.954. The minimum absolute atomic E-state index is 0.0230. The third-order valence-electron chi connectivity index (χ3n) is 3.98. The number of rotatable bonds is 5. The molecule has 0 aliphatic carbocycles. The molecule has 1 atom stereocenters. The number of carboxylic acids is 1. The number of amides is 2. The second-order valence-electron chi connectivity index (χ2n) is 6.08. The average Bonchev–Trinajstić information content (AvgIpc) is 2.88. The van der Waals surface area contributed by atoms with E-state index in [4.69, 9.17) is 9.84 Å². The number of carbonyl (C=O) groups excluding carboxylic acids is 1. The third kappa shape index (κ3) is 3.98. The average molecular weight is 306 g/mol. The van der Waals surface area contributed by atoms with Crippen LogP contribution in [0.3, 0.4) is 0 Å². The minimum Gasteiger partial charge on any atom is -0.478 e. The molecule has 1 heterocycles. The number of benzene rings is 1. The molecule has 22 heavy (non-hydrogen) atoms. The monoisotopic (exact) mass is 306 g/mol. The Kier molecular flexibility index (Phi) is 5.03. The predicted octanol–water partition coefficient (Wildman–Crippen LogP) is 1.95. The molecule has 0 radical (unpaired) electrons. The van der Waals surface area contributed by atoms with Gasteiger partial charge in [0, 0.05) is 32.2 Å². The van der Waals surface area contributed by atoms with Gasteiger partial charge in [-0.3, -0.25) is 0 Å². The molecule has 0 bridgehead atoms. The van der Waals surface area contributed by atoms with E-state index in [0.717, 1.165) is 18.5 Å². The van der Waals surface area contributed by atoms with Crippen LogP contribution in [0.5, 0.6) is 0 Å². The zero-order valence-corrected chi connectivity index (χ0v) is 13.0. The lowest BCUT2D eigenvalue weighted by molar-refractivity contribution is 0.0697. The number of likely N-dealkylation sites (tertiary alicyclic amines) is 1. The van der Waals surface area contributed by atoms with Crippen molar-refractivity contribution in [3.63, 3.8) is 0 Å². The highest BCUT2D eigenvalue weighted by molar-refractivity contribution is 5.87. The van der Waals surface area contributed by atoms with Crippen LogP contribution >= 0.6 is 0 Å².